The smallest absolute Gasteiger partial charge is 0.257 e. The molecule has 1 aromatic rings. The Morgan fingerprint density at radius 2 is 2.00 bits per heavy atom. The summed E-state index contributed by atoms with van der Waals surface area (Å²) >= 11 is 0. The molecule has 0 aliphatic heterocycles. The van der Waals surface area contributed by atoms with Crippen LogP contribution in [0.2, 0.25) is 0 Å². The summed E-state index contributed by atoms with van der Waals surface area (Å²) in [5.41, 5.74) is 0.932. The van der Waals surface area contributed by atoms with Gasteiger partial charge in [-0.1, -0.05) is 12.1 Å². The van der Waals surface area contributed by atoms with Crippen LogP contribution in [0.5, 0.6) is 5.75 Å². The average molecular weight is 293 g/mol. The van der Waals surface area contributed by atoms with E-state index in [1.54, 1.807) is 6.07 Å². The summed E-state index contributed by atoms with van der Waals surface area (Å²) < 4.78 is 5.40. The summed E-state index contributed by atoms with van der Waals surface area (Å²) in [6, 6.07) is 7.34. The summed E-state index contributed by atoms with van der Waals surface area (Å²) in [7, 11) is 1.81. The van der Waals surface area contributed by atoms with Crippen LogP contribution in [-0.4, -0.2) is 38.6 Å². The molecule has 0 aliphatic carbocycles. The first kappa shape index (κ1) is 17.0. The highest BCUT2D eigenvalue weighted by atomic mass is 16.5. The predicted octanol–water partition coefficient (Wildman–Crippen LogP) is 0.427. The molecule has 21 heavy (non-hydrogen) atoms. The fourth-order valence-electron chi connectivity index (χ4n) is 1.67. The summed E-state index contributed by atoms with van der Waals surface area (Å²) in [5.74, 6) is 0.462. The second-order valence-electron chi connectivity index (χ2n) is 4.52. The molecule has 2 amide bonds. The number of amides is 2. The van der Waals surface area contributed by atoms with Gasteiger partial charge in [-0.05, 0) is 31.7 Å². The van der Waals surface area contributed by atoms with E-state index in [1.807, 2.05) is 32.2 Å². The molecule has 0 unspecified atom stereocenters. The van der Waals surface area contributed by atoms with E-state index in [4.69, 9.17) is 4.74 Å². The van der Waals surface area contributed by atoms with Crippen LogP contribution in [0.25, 0.3) is 0 Å². The van der Waals surface area contributed by atoms with Crippen molar-refractivity contribution in [3.05, 3.63) is 29.8 Å². The van der Waals surface area contributed by atoms with Gasteiger partial charge in [0.1, 0.15) is 5.75 Å². The highest BCUT2D eigenvalue weighted by Crippen LogP contribution is 2.13. The zero-order valence-electron chi connectivity index (χ0n) is 12.6. The number of hydrogen-bond acceptors (Lipinski definition) is 4. The number of rotatable bonds is 9. The van der Waals surface area contributed by atoms with Crippen LogP contribution < -0.4 is 20.7 Å². The fraction of sp³-hybridized carbons (Fsp3) is 0.467. The molecule has 0 fully saturated rings. The van der Waals surface area contributed by atoms with Crippen molar-refractivity contribution in [1.29, 1.82) is 0 Å². The van der Waals surface area contributed by atoms with Crippen molar-refractivity contribution < 1.29 is 14.3 Å². The summed E-state index contributed by atoms with van der Waals surface area (Å²) in [5, 5.41) is 8.42. The monoisotopic (exact) mass is 293 g/mol. The zero-order valence-corrected chi connectivity index (χ0v) is 12.6. The van der Waals surface area contributed by atoms with Crippen LogP contribution in [0.1, 0.15) is 18.9 Å². The number of likely N-dealkylation sites (N-methyl/N-ethyl adjacent to an activating group) is 1. The van der Waals surface area contributed by atoms with Gasteiger partial charge in [0.15, 0.2) is 6.61 Å². The van der Waals surface area contributed by atoms with Gasteiger partial charge in [0, 0.05) is 26.1 Å². The predicted molar refractivity (Wildman–Crippen MR) is 81.0 cm³/mol. The third kappa shape index (κ3) is 7.31. The van der Waals surface area contributed by atoms with Crippen molar-refractivity contribution in [3.8, 4) is 5.75 Å². The van der Waals surface area contributed by atoms with Gasteiger partial charge in [0.05, 0.1) is 0 Å². The van der Waals surface area contributed by atoms with Gasteiger partial charge in [-0.2, -0.15) is 0 Å². The Labute approximate surface area is 125 Å². The van der Waals surface area contributed by atoms with Crippen LogP contribution in [0, 0.1) is 0 Å². The van der Waals surface area contributed by atoms with E-state index in [0.29, 0.717) is 31.8 Å². The topological polar surface area (TPSA) is 79.5 Å². The van der Waals surface area contributed by atoms with Crippen molar-refractivity contribution in [2.24, 2.45) is 0 Å². The quantitative estimate of drug-likeness (QED) is 0.617. The first-order valence-corrected chi connectivity index (χ1v) is 7.05. The van der Waals surface area contributed by atoms with Gasteiger partial charge in [-0.3, -0.25) is 9.59 Å². The molecule has 0 radical (unpaired) electrons. The standard InChI is InChI=1S/C15H23N3O3/c1-3-17-15(20)11-21-13-6-4-5-12(9-13)10-18-14(19)7-8-16-2/h4-6,9,16H,3,7-8,10-11H2,1-2H3,(H,17,20)(H,18,19). The zero-order chi connectivity index (χ0) is 15.5. The third-order valence-electron chi connectivity index (χ3n) is 2.73. The maximum atomic E-state index is 11.5. The van der Waals surface area contributed by atoms with Gasteiger partial charge in [-0.25, -0.2) is 0 Å². The molecule has 6 nitrogen and oxygen atoms in total. The molecule has 0 saturated carbocycles. The number of carbonyl (C=O) groups is 2. The minimum absolute atomic E-state index is 0.00186. The molecule has 1 aromatic carbocycles. The lowest BCUT2D eigenvalue weighted by atomic mass is 10.2. The molecule has 0 aromatic heterocycles. The van der Waals surface area contributed by atoms with Gasteiger partial charge < -0.3 is 20.7 Å². The Morgan fingerprint density at radius 3 is 2.71 bits per heavy atom. The first-order valence-electron chi connectivity index (χ1n) is 7.05. The third-order valence-corrected chi connectivity index (χ3v) is 2.73. The van der Waals surface area contributed by atoms with E-state index in [-0.39, 0.29) is 18.4 Å². The maximum Gasteiger partial charge on any atom is 0.257 e. The summed E-state index contributed by atoms with van der Waals surface area (Å²) in [4.78, 5) is 22.8. The van der Waals surface area contributed by atoms with E-state index in [2.05, 4.69) is 16.0 Å². The fourth-order valence-corrected chi connectivity index (χ4v) is 1.67. The number of ether oxygens (including phenoxy) is 1. The maximum absolute atomic E-state index is 11.5. The van der Waals surface area contributed by atoms with E-state index >= 15 is 0 Å². The van der Waals surface area contributed by atoms with Crippen molar-refractivity contribution in [1.82, 2.24) is 16.0 Å². The highest BCUT2D eigenvalue weighted by Gasteiger charge is 2.03. The van der Waals surface area contributed by atoms with Gasteiger partial charge >= 0.3 is 0 Å². The summed E-state index contributed by atoms with van der Waals surface area (Å²) in [6.07, 6.45) is 0.448. The molecule has 0 aliphatic rings. The van der Waals surface area contributed by atoms with Crippen LogP contribution in [-0.2, 0) is 16.1 Å². The van der Waals surface area contributed by atoms with E-state index < -0.39 is 0 Å². The van der Waals surface area contributed by atoms with Gasteiger partial charge in [-0.15, -0.1) is 0 Å². The van der Waals surface area contributed by atoms with E-state index in [9.17, 15) is 9.59 Å². The van der Waals surface area contributed by atoms with Crippen molar-refractivity contribution >= 4 is 11.8 Å². The molecule has 0 saturated heterocycles. The molecule has 3 N–H and O–H groups in total. The lowest BCUT2D eigenvalue weighted by Crippen LogP contribution is -2.28. The molecular formula is C15H23N3O3. The highest BCUT2D eigenvalue weighted by molar-refractivity contribution is 5.77. The van der Waals surface area contributed by atoms with Crippen LogP contribution >= 0.6 is 0 Å². The van der Waals surface area contributed by atoms with Crippen molar-refractivity contribution in [2.75, 3.05) is 26.7 Å². The molecule has 1 rings (SSSR count). The second-order valence-corrected chi connectivity index (χ2v) is 4.52. The number of carbonyl (C=O) groups excluding carboxylic acids is 2. The molecular weight excluding hydrogens is 270 g/mol. The first-order chi connectivity index (χ1) is 10.2. The van der Waals surface area contributed by atoms with Crippen LogP contribution in [0.15, 0.2) is 24.3 Å². The molecule has 116 valence electrons. The van der Waals surface area contributed by atoms with Gasteiger partial charge in [0.2, 0.25) is 5.91 Å². The Kier molecular flexibility index (Phi) is 7.89. The second kappa shape index (κ2) is 9.77. The summed E-state index contributed by atoms with van der Waals surface area (Å²) in [6.45, 7) is 3.53. The number of benzene rings is 1. The molecule has 0 heterocycles. The van der Waals surface area contributed by atoms with Crippen LogP contribution in [0.4, 0.5) is 0 Å². The normalized spacial score (nSPS) is 10.0. The van der Waals surface area contributed by atoms with Gasteiger partial charge in [0.25, 0.3) is 5.91 Å². The Morgan fingerprint density at radius 1 is 1.19 bits per heavy atom. The lowest BCUT2D eigenvalue weighted by Gasteiger charge is -2.09. The molecule has 0 atom stereocenters. The SMILES string of the molecule is CCNC(=O)COc1cccc(CNC(=O)CCNC)c1. The molecule has 0 spiro atoms. The van der Waals surface area contributed by atoms with Crippen molar-refractivity contribution in [2.45, 2.75) is 19.9 Å². The minimum Gasteiger partial charge on any atom is -0.484 e. The largest absolute Gasteiger partial charge is 0.484 e. The number of hydrogen-bond donors (Lipinski definition) is 3. The Hall–Kier alpha value is -2.08. The van der Waals surface area contributed by atoms with Crippen LogP contribution in [0.3, 0.4) is 0 Å². The molecule has 0 bridgehead atoms. The minimum atomic E-state index is -0.150. The number of nitrogens with one attached hydrogen (secondary N) is 3. The van der Waals surface area contributed by atoms with Crippen molar-refractivity contribution in [3.63, 3.8) is 0 Å². The molecule has 6 heteroatoms. The average Bonchev–Trinajstić information content (AvgIpc) is 2.49. The van der Waals surface area contributed by atoms with E-state index in [0.717, 1.165) is 5.56 Å². The Balaban J connectivity index is 2.41. The van der Waals surface area contributed by atoms with E-state index in [1.165, 1.54) is 0 Å². The lowest BCUT2D eigenvalue weighted by molar-refractivity contribution is -0.123. The Bertz CT molecular complexity index is 463.